The van der Waals surface area contributed by atoms with Crippen molar-refractivity contribution in [1.29, 1.82) is 0 Å². The standard InChI is InChI=1S/C13H18Cl2N2O3S/c1-9-8-17(3-2-4-20-9)21(18,19)13-5-10(7-16)11(14)6-12(13)15/h5-6,9H,2-4,7-8,16H2,1H3. The van der Waals surface area contributed by atoms with Crippen molar-refractivity contribution >= 4 is 33.2 Å². The van der Waals surface area contributed by atoms with Crippen LogP contribution in [0.5, 0.6) is 0 Å². The van der Waals surface area contributed by atoms with Gasteiger partial charge < -0.3 is 10.5 Å². The predicted octanol–water partition coefficient (Wildman–Crippen LogP) is 2.25. The van der Waals surface area contributed by atoms with E-state index in [1.807, 2.05) is 6.92 Å². The van der Waals surface area contributed by atoms with Crippen LogP contribution < -0.4 is 5.73 Å². The quantitative estimate of drug-likeness (QED) is 0.905. The number of nitrogens with zero attached hydrogens (tertiary/aromatic N) is 1. The molecular weight excluding hydrogens is 335 g/mol. The molecule has 0 aromatic heterocycles. The summed E-state index contributed by atoms with van der Waals surface area (Å²) in [7, 11) is -3.69. The monoisotopic (exact) mass is 352 g/mol. The van der Waals surface area contributed by atoms with Crippen LogP contribution in [0.25, 0.3) is 0 Å². The SMILES string of the molecule is CC1CN(S(=O)(=O)c2cc(CN)c(Cl)cc2Cl)CCCO1. The van der Waals surface area contributed by atoms with Crippen LogP contribution in [0.4, 0.5) is 0 Å². The number of benzene rings is 1. The zero-order valence-corrected chi connectivity index (χ0v) is 14.0. The normalized spacial score (nSPS) is 21.2. The molecule has 0 saturated carbocycles. The molecule has 1 saturated heterocycles. The van der Waals surface area contributed by atoms with E-state index in [1.165, 1.54) is 16.4 Å². The average Bonchev–Trinajstić information content (AvgIpc) is 2.63. The summed E-state index contributed by atoms with van der Waals surface area (Å²) in [6.45, 7) is 3.26. The van der Waals surface area contributed by atoms with Crippen LogP contribution in [0, 0.1) is 0 Å². The van der Waals surface area contributed by atoms with Gasteiger partial charge in [-0.25, -0.2) is 8.42 Å². The molecule has 0 aliphatic carbocycles. The Morgan fingerprint density at radius 1 is 1.38 bits per heavy atom. The highest BCUT2D eigenvalue weighted by atomic mass is 35.5. The highest BCUT2D eigenvalue weighted by molar-refractivity contribution is 7.89. The third-order valence-corrected chi connectivity index (χ3v) is 6.04. The van der Waals surface area contributed by atoms with Crippen molar-refractivity contribution in [2.24, 2.45) is 5.73 Å². The van der Waals surface area contributed by atoms with Gasteiger partial charge in [-0.15, -0.1) is 0 Å². The number of hydrogen-bond acceptors (Lipinski definition) is 4. The van der Waals surface area contributed by atoms with Crippen molar-refractivity contribution in [2.75, 3.05) is 19.7 Å². The van der Waals surface area contributed by atoms with Crippen LogP contribution in [0.3, 0.4) is 0 Å². The van der Waals surface area contributed by atoms with Crippen molar-refractivity contribution in [3.63, 3.8) is 0 Å². The Balaban J connectivity index is 2.43. The fourth-order valence-corrected chi connectivity index (χ4v) is 4.64. The van der Waals surface area contributed by atoms with Crippen molar-refractivity contribution in [3.8, 4) is 0 Å². The molecule has 1 fully saturated rings. The van der Waals surface area contributed by atoms with E-state index >= 15 is 0 Å². The lowest BCUT2D eigenvalue weighted by atomic mass is 10.2. The largest absolute Gasteiger partial charge is 0.377 e. The van der Waals surface area contributed by atoms with Crippen LogP contribution in [-0.4, -0.2) is 38.5 Å². The minimum absolute atomic E-state index is 0.0446. The third-order valence-electron chi connectivity index (χ3n) is 3.35. The Bertz CT molecular complexity index is 622. The first-order valence-corrected chi connectivity index (χ1v) is 8.85. The van der Waals surface area contributed by atoms with Gasteiger partial charge in [0.05, 0.1) is 11.1 Å². The van der Waals surface area contributed by atoms with Gasteiger partial charge in [0.15, 0.2) is 0 Å². The molecule has 1 aliphatic heterocycles. The number of halogens is 2. The summed E-state index contributed by atoms with van der Waals surface area (Å²) in [5, 5.41) is 0.476. The molecule has 0 amide bonds. The fourth-order valence-electron chi connectivity index (χ4n) is 2.24. The molecule has 1 unspecified atom stereocenters. The fraction of sp³-hybridized carbons (Fsp3) is 0.538. The smallest absolute Gasteiger partial charge is 0.244 e. The van der Waals surface area contributed by atoms with E-state index in [9.17, 15) is 8.42 Å². The molecule has 2 rings (SSSR count). The summed E-state index contributed by atoms with van der Waals surface area (Å²) < 4.78 is 32.5. The summed E-state index contributed by atoms with van der Waals surface area (Å²) >= 11 is 12.1. The maximum atomic E-state index is 12.8. The van der Waals surface area contributed by atoms with Crippen molar-refractivity contribution in [2.45, 2.75) is 30.9 Å². The van der Waals surface area contributed by atoms with E-state index in [2.05, 4.69) is 0 Å². The number of hydrogen-bond donors (Lipinski definition) is 1. The second-order valence-corrected chi connectivity index (χ2v) is 7.70. The first-order chi connectivity index (χ1) is 9.86. The molecule has 21 heavy (non-hydrogen) atoms. The molecular formula is C13H18Cl2N2O3S. The highest BCUT2D eigenvalue weighted by Gasteiger charge is 2.30. The first kappa shape index (κ1) is 17.0. The van der Waals surface area contributed by atoms with Gasteiger partial charge in [-0.3, -0.25) is 0 Å². The van der Waals surface area contributed by atoms with Crippen molar-refractivity contribution in [3.05, 3.63) is 27.7 Å². The lowest BCUT2D eigenvalue weighted by Gasteiger charge is -2.22. The van der Waals surface area contributed by atoms with Crippen LogP contribution in [0.2, 0.25) is 10.0 Å². The average molecular weight is 353 g/mol. The minimum Gasteiger partial charge on any atom is -0.377 e. The van der Waals surface area contributed by atoms with Crippen LogP contribution in [0.1, 0.15) is 18.9 Å². The van der Waals surface area contributed by atoms with Gasteiger partial charge in [-0.2, -0.15) is 4.31 Å². The van der Waals surface area contributed by atoms with Gasteiger partial charge in [0.1, 0.15) is 4.90 Å². The van der Waals surface area contributed by atoms with E-state index in [-0.39, 0.29) is 22.6 Å². The van der Waals surface area contributed by atoms with Crippen LogP contribution >= 0.6 is 23.2 Å². The van der Waals surface area contributed by atoms with E-state index in [0.717, 1.165) is 0 Å². The second kappa shape index (κ2) is 6.81. The van der Waals surface area contributed by atoms with E-state index in [0.29, 0.717) is 36.7 Å². The molecule has 0 bridgehead atoms. The van der Waals surface area contributed by atoms with Gasteiger partial charge in [-0.1, -0.05) is 23.2 Å². The van der Waals surface area contributed by atoms with Gasteiger partial charge in [0.2, 0.25) is 10.0 Å². The highest BCUT2D eigenvalue weighted by Crippen LogP contribution is 2.31. The maximum absolute atomic E-state index is 12.8. The molecule has 8 heteroatoms. The Morgan fingerprint density at radius 3 is 2.76 bits per heavy atom. The zero-order valence-electron chi connectivity index (χ0n) is 11.7. The lowest BCUT2D eigenvalue weighted by Crippen LogP contribution is -2.36. The molecule has 1 atom stereocenters. The molecule has 5 nitrogen and oxygen atoms in total. The molecule has 2 N–H and O–H groups in total. The Labute approximate surface area is 135 Å². The van der Waals surface area contributed by atoms with Gasteiger partial charge in [-0.05, 0) is 31.0 Å². The molecule has 1 aromatic carbocycles. The maximum Gasteiger partial charge on any atom is 0.244 e. The van der Waals surface area contributed by atoms with E-state index < -0.39 is 10.0 Å². The van der Waals surface area contributed by atoms with E-state index in [1.54, 1.807) is 0 Å². The summed E-state index contributed by atoms with van der Waals surface area (Å²) in [4.78, 5) is 0.0446. The molecule has 1 aliphatic rings. The molecule has 1 aromatic rings. The Kier molecular flexibility index (Phi) is 5.51. The number of ether oxygens (including phenoxy) is 1. The van der Waals surface area contributed by atoms with Crippen LogP contribution in [0.15, 0.2) is 17.0 Å². The summed E-state index contributed by atoms with van der Waals surface area (Å²) in [5.74, 6) is 0. The number of sulfonamides is 1. The second-order valence-electron chi connectivity index (χ2n) is 4.98. The zero-order chi connectivity index (χ0) is 15.6. The summed E-state index contributed by atoms with van der Waals surface area (Å²) in [5.41, 5.74) is 6.14. The van der Waals surface area contributed by atoms with Gasteiger partial charge >= 0.3 is 0 Å². The third kappa shape index (κ3) is 3.70. The summed E-state index contributed by atoms with van der Waals surface area (Å²) in [6.07, 6.45) is 0.501. The first-order valence-electron chi connectivity index (χ1n) is 6.66. The van der Waals surface area contributed by atoms with Gasteiger partial charge in [0, 0.05) is 31.3 Å². The predicted molar refractivity (Wildman–Crippen MR) is 83.1 cm³/mol. The molecule has 118 valence electrons. The lowest BCUT2D eigenvalue weighted by molar-refractivity contribution is 0.0752. The molecule has 0 spiro atoms. The number of nitrogens with two attached hydrogens (primary N) is 1. The summed E-state index contributed by atoms with van der Waals surface area (Å²) in [6, 6.07) is 2.88. The number of rotatable bonds is 3. The molecule has 0 radical (unpaired) electrons. The topological polar surface area (TPSA) is 72.6 Å². The van der Waals surface area contributed by atoms with Crippen molar-refractivity contribution in [1.82, 2.24) is 4.31 Å². The Hall–Kier alpha value is -0.370. The van der Waals surface area contributed by atoms with Crippen molar-refractivity contribution < 1.29 is 13.2 Å². The van der Waals surface area contributed by atoms with Gasteiger partial charge in [0.25, 0.3) is 0 Å². The van der Waals surface area contributed by atoms with Crippen LogP contribution in [-0.2, 0) is 21.3 Å². The minimum atomic E-state index is -3.69. The van der Waals surface area contributed by atoms with E-state index in [4.69, 9.17) is 33.7 Å². The Morgan fingerprint density at radius 2 is 2.10 bits per heavy atom. The molecule has 1 heterocycles.